The van der Waals surface area contributed by atoms with E-state index in [1.165, 1.54) is 0 Å². The summed E-state index contributed by atoms with van der Waals surface area (Å²) in [5.41, 5.74) is 2.21. The maximum atomic E-state index is 5.93. The largest absolute Gasteiger partial charge is 0.440 e. The summed E-state index contributed by atoms with van der Waals surface area (Å²) in [4.78, 5) is 6.34. The molecule has 0 radical (unpaired) electrons. The van der Waals surface area contributed by atoms with Gasteiger partial charge in [0.15, 0.2) is 18.1 Å². The first kappa shape index (κ1) is 16.4. The number of aryl methyl sites for hydroxylation is 1. The molecule has 0 saturated heterocycles. The minimum Gasteiger partial charge on any atom is -0.440 e. The van der Waals surface area contributed by atoms with Gasteiger partial charge in [0.25, 0.3) is 0 Å². The topological polar surface area (TPSA) is 54.8 Å². The monoisotopic (exact) mass is 349 g/mol. The Bertz CT molecular complexity index is 828. The molecule has 1 aromatic heterocycles. The molecule has 6 nitrogen and oxygen atoms in total. The van der Waals surface area contributed by atoms with Crippen LogP contribution in [0.15, 0.2) is 59.7 Å². The molecule has 0 saturated carbocycles. The van der Waals surface area contributed by atoms with Crippen LogP contribution in [0.2, 0.25) is 0 Å². The van der Waals surface area contributed by atoms with Crippen molar-refractivity contribution in [3.05, 3.63) is 65.6 Å². The molecule has 0 aliphatic carbocycles. The van der Waals surface area contributed by atoms with Gasteiger partial charge in [-0.3, -0.25) is 0 Å². The predicted octanol–water partition coefficient (Wildman–Crippen LogP) is 2.52. The molecule has 3 heterocycles. The SMILES string of the molecule is CN1/C(=C/c2cc[n+](CCCNC3=NCC[N-]3)cc2)Oc2ccccc21. The van der Waals surface area contributed by atoms with Crippen LogP contribution < -0.4 is 19.5 Å². The second-order valence-electron chi connectivity index (χ2n) is 6.35. The van der Waals surface area contributed by atoms with Crippen molar-refractivity contribution in [3.63, 3.8) is 0 Å². The van der Waals surface area contributed by atoms with Crippen molar-refractivity contribution in [2.45, 2.75) is 13.0 Å². The fourth-order valence-corrected chi connectivity index (χ4v) is 3.04. The lowest BCUT2D eigenvalue weighted by Gasteiger charge is -2.12. The first-order valence-electron chi connectivity index (χ1n) is 8.97. The maximum Gasteiger partial charge on any atom is 0.200 e. The van der Waals surface area contributed by atoms with Crippen molar-refractivity contribution in [1.29, 1.82) is 0 Å². The van der Waals surface area contributed by atoms with Gasteiger partial charge in [-0.1, -0.05) is 12.1 Å². The molecule has 0 bridgehead atoms. The van der Waals surface area contributed by atoms with Crippen molar-refractivity contribution < 1.29 is 9.30 Å². The van der Waals surface area contributed by atoms with Gasteiger partial charge in [-0.05, 0) is 37.3 Å². The highest BCUT2D eigenvalue weighted by molar-refractivity contribution is 5.93. The van der Waals surface area contributed by atoms with Gasteiger partial charge in [0.1, 0.15) is 6.54 Å². The van der Waals surface area contributed by atoms with Crippen LogP contribution in [-0.4, -0.2) is 32.6 Å². The molecular formula is C20H23N5O. The molecule has 26 heavy (non-hydrogen) atoms. The molecule has 0 atom stereocenters. The van der Waals surface area contributed by atoms with Crippen LogP contribution in [0.1, 0.15) is 12.0 Å². The molecule has 0 amide bonds. The molecule has 2 aliphatic heterocycles. The van der Waals surface area contributed by atoms with E-state index in [4.69, 9.17) is 4.74 Å². The van der Waals surface area contributed by atoms with Gasteiger partial charge in [-0.25, -0.2) is 4.57 Å². The van der Waals surface area contributed by atoms with E-state index in [0.717, 1.165) is 61.4 Å². The Balaban J connectivity index is 1.32. The van der Waals surface area contributed by atoms with Crippen LogP contribution in [0.4, 0.5) is 5.69 Å². The zero-order valence-corrected chi connectivity index (χ0v) is 14.9. The van der Waals surface area contributed by atoms with Crippen LogP contribution in [-0.2, 0) is 6.54 Å². The Kier molecular flexibility index (Phi) is 4.73. The Morgan fingerprint density at radius 3 is 2.88 bits per heavy atom. The molecule has 6 heteroatoms. The summed E-state index contributed by atoms with van der Waals surface area (Å²) >= 11 is 0. The van der Waals surface area contributed by atoms with Crippen LogP contribution >= 0.6 is 0 Å². The number of pyridine rings is 1. The Morgan fingerprint density at radius 1 is 1.27 bits per heavy atom. The Labute approximate surface area is 153 Å². The van der Waals surface area contributed by atoms with Gasteiger partial charge in [0.05, 0.1) is 5.69 Å². The normalized spacial score (nSPS) is 16.9. The Hall–Kier alpha value is -3.02. The lowest BCUT2D eigenvalue weighted by Crippen LogP contribution is -2.35. The number of rotatable bonds is 5. The fraction of sp³-hybridized carbons (Fsp3) is 0.300. The summed E-state index contributed by atoms with van der Waals surface area (Å²) in [5.74, 6) is 2.55. The lowest BCUT2D eigenvalue weighted by molar-refractivity contribution is -0.697. The van der Waals surface area contributed by atoms with Gasteiger partial charge in [0, 0.05) is 37.6 Å². The standard InChI is InChI=1S/C20H23N5O/c1-24-17-5-2-3-6-18(17)26-19(24)15-16-7-13-25(14-8-16)12-4-9-21-20-22-10-11-23-20/h2-3,5-8,13-15H,4,9-12H2,1H3,(H-,21,22,23). The minimum atomic E-state index is 0.804. The average Bonchev–Trinajstić information content (AvgIpc) is 3.29. The number of aromatic nitrogens is 1. The van der Waals surface area contributed by atoms with E-state index in [2.05, 4.69) is 61.8 Å². The van der Waals surface area contributed by atoms with Gasteiger partial charge in [0.2, 0.25) is 5.88 Å². The van der Waals surface area contributed by atoms with Gasteiger partial charge in [-0.2, -0.15) is 0 Å². The van der Waals surface area contributed by atoms with E-state index < -0.39 is 0 Å². The van der Waals surface area contributed by atoms with Crippen molar-refractivity contribution >= 4 is 17.7 Å². The third kappa shape index (κ3) is 3.64. The van der Waals surface area contributed by atoms with E-state index in [-0.39, 0.29) is 0 Å². The Morgan fingerprint density at radius 2 is 2.12 bits per heavy atom. The van der Waals surface area contributed by atoms with Crippen LogP contribution in [0.3, 0.4) is 0 Å². The number of nitrogens with zero attached hydrogens (tertiary/aromatic N) is 4. The number of benzene rings is 1. The van der Waals surface area contributed by atoms with E-state index in [0.29, 0.717) is 0 Å². The molecular weight excluding hydrogens is 326 g/mol. The lowest BCUT2D eigenvalue weighted by atomic mass is 10.2. The number of hydrogen-bond acceptors (Lipinski definition) is 4. The van der Waals surface area contributed by atoms with Crippen molar-refractivity contribution in [2.24, 2.45) is 4.99 Å². The summed E-state index contributed by atoms with van der Waals surface area (Å²) in [6, 6.07) is 12.3. The van der Waals surface area contributed by atoms with E-state index >= 15 is 0 Å². The van der Waals surface area contributed by atoms with E-state index in [9.17, 15) is 0 Å². The summed E-state index contributed by atoms with van der Waals surface area (Å²) < 4.78 is 8.12. The smallest absolute Gasteiger partial charge is 0.200 e. The maximum absolute atomic E-state index is 5.93. The highest BCUT2D eigenvalue weighted by atomic mass is 16.5. The van der Waals surface area contributed by atoms with Gasteiger partial charge in [-0.15, -0.1) is 0 Å². The summed E-state index contributed by atoms with van der Waals surface area (Å²) in [6.07, 6.45) is 7.30. The highest BCUT2D eigenvalue weighted by Crippen LogP contribution is 2.37. The molecule has 1 N–H and O–H groups in total. The number of nitrogens with one attached hydrogen (secondary N) is 1. The summed E-state index contributed by atoms with van der Waals surface area (Å²) in [5, 5.41) is 7.54. The van der Waals surface area contributed by atoms with Crippen LogP contribution in [0.5, 0.6) is 5.75 Å². The number of guanidine groups is 1. The van der Waals surface area contributed by atoms with Gasteiger partial charge < -0.3 is 25.3 Å². The number of hydrogen-bond donors (Lipinski definition) is 1. The molecule has 1 aromatic carbocycles. The minimum absolute atomic E-state index is 0.804. The highest BCUT2D eigenvalue weighted by Gasteiger charge is 2.22. The van der Waals surface area contributed by atoms with Crippen molar-refractivity contribution in [2.75, 3.05) is 31.6 Å². The molecule has 0 spiro atoms. The zero-order valence-electron chi connectivity index (χ0n) is 14.9. The molecule has 134 valence electrons. The molecule has 2 aromatic rings. The number of fused-ring (bicyclic) bond motifs is 1. The molecule has 4 rings (SSSR count). The average molecular weight is 349 g/mol. The van der Waals surface area contributed by atoms with E-state index in [1.807, 2.05) is 25.2 Å². The van der Waals surface area contributed by atoms with E-state index in [1.54, 1.807) is 0 Å². The molecule has 2 aliphatic rings. The second kappa shape index (κ2) is 7.47. The number of anilines is 1. The second-order valence-corrected chi connectivity index (χ2v) is 6.35. The van der Waals surface area contributed by atoms with Crippen LogP contribution in [0.25, 0.3) is 11.4 Å². The molecule has 0 unspecified atom stereocenters. The van der Waals surface area contributed by atoms with Gasteiger partial charge >= 0.3 is 0 Å². The third-order valence-corrected chi connectivity index (χ3v) is 4.48. The van der Waals surface area contributed by atoms with Crippen molar-refractivity contribution in [3.8, 4) is 5.75 Å². The zero-order chi connectivity index (χ0) is 17.8. The summed E-state index contributed by atoms with van der Waals surface area (Å²) in [7, 11) is 2.02. The predicted molar refractivity (Wildman–Crippen MR) is 103 cm³/mol. The number of ether oxygens (including phenoxy) is 1. The summed E-state index contributed by atoms with van der Waals surface area (Å²) in [6.45, 7) is 3.48. The number of para-hydroxylation sites is 2. The number of aliphatic imine (C=N–C) groups is 1. The first-order chi connectivity index (χ1) is 12.8. The van der Waals surface area contributed by atoms with Crippen LogP contribution in [0, 0.1) is 0 Å². The first-order valence-corrected chi connectivity index (χ1v) is 8.97. The third-order valence-electron chi connectivity index (χ3n) is 4.48. The fourth-order valence-electron chi connectivity index (χ4n) is 3.04. The van der Waals surface area contributed by atoms with Crippen molar-refractivity contribution in [1.82, 2.24) is 5.32 Å². The quantitative estimate of drug-likeness (QED) is 0.667. The molecule has 0 fully saturated rings.